The molecule has 0 fully saturated rings. The van der Waals surface area contributed by atoms with E-state index in [0.29, 0.717) is 19.1 Å². The fourth-order valence-electron chi connectivity index (χ4n) is 1.81. The summed E-state index contributed by atoms with van der Waals surface area (Å²) in [7, 11) is 0. The van der Waals surface area contributed by atoms with E-state index in [9.17, 15) is 4.79 Å². The summed E-state index contributed by atoms with van der Waals surface area (Å²) in [6, 6.07) is 0. The van der Waals surface area contributed by atoms with Crippen molar-refractivity contribution in [3.63, 3.8) is 0 Å². The Morgan fingerprint density at radius 3 is 2.38 bits per heavy atom. The van der Waals surface area contributed by atoms with E-state index < -0.39 is 6.10 Å². The number of nitrogens with two attached hydrogens (primary N) is 1. The monoisotopic (exact) mass is 230 g/mol. The smallest absolute Gasteiger partial charge is 0.249 e. The van der Waals surface area contributed by atoms with Crippen LogP contribution >= 0.6 is 0 Å². The minimum atomic E-state index is -0.414. The predicted molar refractivity (Wildman–Crippen MR) is 66.1 cm³/mol. The van der Waals surface area contributed by atoms with Crippen LogP contribution in [0.2, 0.25) is 0 Å². The number of amides is 1. The van der Waals surface area contributed by atoms with Gasteiger partial charge in [0.1, 0.15) is 6.10 Å². The Balaban J connectivity index is 4.35. The molecule has 96 valence electrons. The van der Waals surface area contributed by atoms with Crippen molar-refractivity contribution in [3.05, 3.63) is 0 Å². The third kappa shape index (κ3) is 5.47. The van der Waals surface area contributed by atoms with E-state index in [0.717, 1.165) is 6.42 Å². The molecule has 4 nitrogen and oxygen atoms in total. The maximum absolute atomic E-state index is 11.8. The molecule has 0 aromatic carbocycles. The Morgan fingerprint density at radius 1 is 1.44 bits per heavy atom. The Kier molecular flexibility index (Phi) is 6.60. The highest BCUT2D eigenvalue weighted by Gasteiger charge is 2.27. The van der Waals surface area contributed by atoms with Gasteiger partial charge in [-0.3, -0.25) is 4.79 Å². The minimum Gasteiger partial charge on any atom is -0.369 e. The van der Waals surface area contributed by atoms with Gasteiger partial charge in [0.25, 0.3) is 0 Å². The van der Waals surface area contributed by atoms with Gasteiger partial charge >= 0.3 is 0 Å². The summed E-state index contributed by atoms with van der Waals surface area (Å²) in [6.07, 6.45) is 0.455. The van der Waals surface area contributed by atoms with E-state index in [1.54, 1.807) is 6.92 Å². The average Bonchev–Trinajstić information content (AvgIpc) is 2.16. The molecule has 0 saturated heterocycles. The molecule has 0 spiro atoms. The van der Waals surface area contributed by atoms with Crippen molar-refractivity contribution in [1.82, 2.24) is 5.32 Å². The summed E-state index contributed by atoms with van der Waals surface area (Å²) in [5, 5.41) is 2.97. The van der Waals surface area contributed by atoms with Gasteiger partial charge in [-0.25, -0.2) is 0 Å². The lowest BCUT2D eigenvalue weighted by Crippen LogP contribution is -2.54. The van der Waals surface area contributed by atoms with Crippen LogP contribution in [0.1, 0.15) is 41.0 Å². The van der Waals surface area contributed by atoms with Crippen molar-refractivity contribution in [2.45, 2.75) is 52.7 Å². The molecular weight excluding hydrogens is 204 g/mol. The van der Waals surface area contributed by atoms with Gasteiger partial charge in [0.05, 0.1) is 0 Å². The van der Waals surface area contributed by atoms with Crippen LogP contribution < -0.4 is 11.1 Å². The van der Waals surface area contributed by atoms with Gasteiger partial charge in [0.2, 0.25) is 5.91 Å². The molecule has 2 unspecified atom stereocenters. The highest BCUT2D eigenvalue weighted by molar-refractivity contribution is 5.81. The molecule has 0 aliphatic heterocycles. The fourth-order valence-corrected chi connectivity index (χ4v) is 1.81. The first-order chi connectivity index (χ1) is 7.34. The zero-order chi connectivity index (χ0) is 12.8. The van der Waals surface area contributed by atoms with Gasteiger partial charge in [-0.1, -0.05) is 13.8 Å². The molecule has 0 rings (SSSR count). The van der Waals surface area contributed by atoms with E-state index in [-0.39, 0.29) is 11.4 Å². The molecule has 0 aromatic heterocycles. The first kappa shape index (κ1) is 15.4. The largest absolute Gasteiger partial charge is 0.369 e. The van der Waals surface area contributed by atoms with Gasteiger partial charge in [-0.05, 0) is 33.1 Å². The highest BCUT2D eigenvalue weighted by Crippen LogP contribution is 2.15. The standard InChI is InChI=1S/C12H26N2O2/c1-6-16-10(4)11(15)14-12(5,8-13)7-9(2)3/h9-10H,6-8,13H2,1-5H3,(H,14,15). The summed E-state index contributed by atoms with van der Waals surface area (Å²) >= 11 is 0. The predicted octanol–water partition coefficient (Wildman–Crippen LogP) is 1.29. The number of carbonyl (C=O) groups is 1. The molecule has 4 heteroatoms. The van der Waals surface area contributed by atoms with E-state index >= 15 is 0 Å². The first-order valence-electron chi connectivity index (χ1n) is 5.98. The summed E-state index contributed by atoms with van der Waals surface area (Å²) in [6.45, 7) is 10.8. The highest BCUT2D eigenvalue weighted by atomic mass is 16.5. The van der Waals surface area contributed by atoms with Crippen molar-refractivity contribution >= 4 is 5.91 Å². The molecular formula is C12H26N2O2. The first-order valence-corrected chi connectivity index (χ1v) is 5.98. The Hall–Kier alpha value is -0.610. The van der Waals surface area contributed by atoms with Crippen LogP contribution in [0.15, 0.2) is 0 Å². The van der Waals surface area contributed by atoms with Gasteiger partial charge in [-0.2, -0.15) is 0 Å². The molecule has 0 bridgehead atoms. The molecule has 0 aliphatic carbocycles. The maximum Gasteiger partial charge on any atom is 0.249 e. The van der Waals surface area contributed by atoms with Crippen LogP contribution in [0.5, 0.6) is 0 Å². The summed E-state index contributed by atoms with van der Waals surface area (Å²) in [5.41, 5.74) is 5.39. The Morgan fingerprint density at radius 2 is 2.00 bits per heavy atom. The summed E-state index contributed by atoms with van der Waals surface area (Å²) in [5.74, 6) is 0.409. The molecule has 0 radical (unpaired) electrons. The quantitative estimate of drug-likeness (QED) is 0.692. The SMILES string of the molecule is CCOC(C)C(=O)NC(C)(CN)CC(C)C. The zero-order valence-corrected chi connectivity index (χ0v) is 11.2. The van der Waals surface area contributed by atoms with Crippen LogP contribution in [0, 0.1) is 5.92 Å². The van der Waals surface area contributed by atoms with Crippen LogP contribution in [-0.4, -0.2) is 30.7 Å². The number of ether oxygens (including phenoxy) is 1. The molecule has 3 N–H and O–H groups in total. The fraction of sp³-hybridized carbons (Fsp3) is 0.917. The zero-order valence-electron chi connectivity index (χ0n) is 11.2. The number of rotatable bonds is 7. The number of nitrogens with one attached hydrogen (secondary N) is 1. The van der Waals surface area contributed by atoms with E-state index in [1.807, 2.05) is 13.8 Å². The second kappa shape index (κ2) is 6.86. The van der Waals surface area contributed by atoms with Crippen LogP contribution in [0.25, 0.3) is 0 Å². The van der Waals surface area contributed by atoms with Crippen LogP contribution in [0.3, 0.4) is 0 Å². The van der Waals surface area contributed by atoms with Gasteiger partial charge in [-0.15, -0.1) is 0 Å². The molecule has 0 heterocycles. The lowest BCUT2D eigenvalue weighted by Gasteiger charge is -2.32. The second-order valence-electron chi connectivity index (χ2n) is 4.95. The van der Waals surface area contributed by atoms with Crippen molar-refractivity contribution in [2.75, 3.05) is 13.2 Å². The lowest BCUT2D eigenvalue weighted by molar-refractivity contribution is -0.133. The van der Waals surface area contributed by atoms with Gasteiger partial charge in [0, 0.05) is 18.7 Å². The molecule has 2 atom stereocenters. The average molecular weight is 230 g/mol. The topological polar surface area (TPSA) is 64.3 Å². The number of carbonyl (C=O) groups excluding carboxylic acids is 1. The van der Waals surface area contributed by atoms with E-state index in [4.69, 9.17) is 10.5 Å². The van der Waals surface area contributed by atoms with Crippen molar-refractivity contribution in [2.24, 2.45) is 11.7 Å². The lowest BCUT2D eigenvalue weighted by atomic mass is 9.90. The molecule has 1 amide bonds. The van der Waals surface area contributed by atoms with E-state index in [2.05, 4.69) is 19.2 Å². The third-order valence-electron chi connectivity index (χ3n) is 2.52. The maximum atomic E-state index is 11.8. The molecule has 0 saturated carbocycles. The minimum absolute atomic E-state index is 0.0875. The summed E-state index contributed by atoms with van der Waals surface area (Å²) in [4.78, 5) is 11.8. The van der Waals surface area contributed by atoms with E-state index in [1.165, 1.54) is 0 Å². The summed E-state index contributed by atoms with van der Waals surface area (Å²) < 4.78 is 5.25. The van der Waals surface area contributed by atoms with Gasteiger partial charge < -0.3 is 15.8 Å². The van der Waals surface area contributed by atoms with Crippen molar-refractivity contribution in [1.29, 1.82) is 0 Å². The van der Waals surface area contributed by atoms with Crippen LogP contribution in [-0.2, 0) is 9.53 Å². The van der Waals surface area contributed by atoms with Gasteiger partial charge in [0.15, 0.2) is 0 Å². The Labute approximate surface area is 98.9 Å². The second-order valence-corrected chi connectivity index (χ2v) is 4.95. The molecule has 0 aliphatic rings. The third-order valence-corrected chi connectivity index (χ3v) is 2.52. The molecule has 0 aromatic rings. The van der Waals surface area contributed by atoms with Crippen LogP contribution in [0.4, 0.5) is 0 Å². The normalized spacial score (nSPS) is 16.9. The van der Waals surface area contributed by atoms with Crippen molar-refractivity contribution < 1.29 is 9.53 Å². The number of hydrogen-bond acceptors (Lipinski definition) is 3. The molecule has 16 heavy (non-hydrogen) atoms. The Bertz CT molecular complexity index is 219. The van der Waals surface area contributed by atoms with Crippen molar-refractivity contribution in [3.8, 4) is 0 Å². The number of hydrogen-bond donors (Lipinski definition) is 2.